The van der Waals surface area contributed by atoms with Crippen LogP contribution in [0.15, 0.2) is 72.0 Å². The van der Waals surface area contributed by atoms with Crippen LogP contribution in [0.1, 0.15) is 11.3 Å². The van der Waals surface area contributed by atoms with Crippen molar-refractivity contribution in [3.8, 4) is 0 Å². The molecule has 0 atom stereocenters. The molecule has 92 valence electrons. The molecule has 3 heteroatoms. The molecule has 2 aromatic carbocycles. The van der Waals surface area contributed by atoms with Gasteiger partial charge in [-0.15, -0.1) is 0 Å². The number of rotatable bonds is 2. The molecule has 3 aromatic rings. The van der Waals surface area contributed by atoms with Crippen molar-refractivity contribution in [3.63, 3.8) is 0 Å². The number of hydrogen-bond acceptors (Lipinski definition) is 3. The minimum atomic E-state index is 0.484. The lowest BCUT2D eigenvalue weighted by atomic mass is 10.0. The van der Waals surface area contributed by atoms with E-state index in [9.17, 15) is 5.21 Å². The molecule has 0 radical (unpaired) electrons. The minimum absolute atomic E-state index is 0.484. The summed E-state index contributed by atoms with van der Waals surface area (Å²) in [5.74, 6) is 0. The smallest absolute Gasteiger partial charge is 0.136 e. The van der Waals surface area contributed by atoms with E-state index in [1.165, 1.54) is 0 Å². The number of hydrogen-bond donors (Lipinski definition) is 1. The van der Waals surface area contributed by atoms with E-state index < -0.39 is 0 Å². The van der Waals surface area contributed by atoms with Gasteiger partial charge in [0.05, 0.1) is 0 Å². The van der Waals surface area contributed by atoms with Crippen molar-refractivity contribution < 1.29 is 5.21 Å². The average molecular weight is 248 g/mol. The maximum Gasteiger partial charge on any atom is 0.136 e. The zero-order valence-corrected chi connectivity index (χ0v) is 10.2. The number of oxime groups is 1. The van der Waals surface area contributed by atoms with Gasteiger partial charge in [-0.2, -0.15) is 0 Å². The second-order valence-electron chi connectivity index (χ2n) is 4.20. The zero-order valence-electron chi connectivity index (χ0n) is 10.2. The largest absolute Gasteiger partial charge is 0.410 e. The van der Waals surface area contributed by atoms with E-state index in [1.54, 1.807) is 6.20 Å². The Morgan fingerprint density at radius 2 is 1.63 bits per heavy atom. The van der Waals surface area contributed by atoms with Crippen LogP contribution in [0.3, 0.4) is 0 Å². The summed E-state index contributed by atoms with van der Waals surface area (Å²) in [6.45, 7) is 0. The van der Waals surface area contributed by atoms with Crippen molar-refractivity contribution in [2.24, 2.45) is 5.16 Å². The molecule has 0 saturated carbocycles. The lowest BCUT2D eigenvalue weighted by Gasteiger charge is -2.07. The Bertz CT molecular complexity index is 731. The number of fused-ring (bicyclic) bond motifs is 1. The average Bonchev–Trinajstić information content (AvgIpc) is 2.49. The van der Waals surface area contributed by atoms with E-state index in [4.69, 9.17) is 0 Å². The molecule has 1 heterocycles. The van der Waals surface area contributed by atoms with Crippen LogP contribution in [0.2, 0.25) is 0 Å². The molecule has 0 saturated heterocycles. The predicted octanol–water partition coefficient (Wildman–Crippen LogP) is 3.46. The molecule has 0 aliphatic heterocycles. The number of pyridine rings is 1. The summed E-state index contributed by atoms with van der Waals surface area (Å²) in [6.07, 6.45) is 1.73. The molecule has 3 rings (SSSR count). The third-order valence-corrected chi connectivity index (χ3v) is 3.05. The molecule has 0 aliphatic rings. The fourth-order valence-corrected chi connectivity index (χ4v) is 2.15. The first-order valence-corrected chi connectivity index (χ1v) is 6.02. The molecular formula is C16H12N2O. The van der Waals surface area contributed by atoms with E-state index in [0.29, 0.717) is 11.4 Å². The standard InChI is InChI=1S/C16H12N2O/c19-18-15(13-7-2-1-3-8-13)16-14-9-5-4-6-12(14)10-11-17-16/h1-11,19H/b18-15-. The van der Waals surface area contributed by atoms with Crippen LogP contribution in [0.4, 0.5) is 0 Å². The van der Waals surface area contributed by atoms with Gasteiger partial charge in [-0.1, -0.05) is 59.8 Å². The Balaban J connectivity index is 2.24. The lowest BCUT2D eigenvalue weighted by molar-refractivity contribution is 0.319. The van der Waals surface area contributed by atoms with E-state index >= 15 is 0 Å². The molecule has 0 bridgehead atoms. The number of aromatic nitrogens is 1. The van der Waals surface area contributed by atoms with Crippen LogP contribution < -0.4 is 0 Å². The zero-order chi connectivity index (χ0) is 13.1. The minimum Gasteiger partial charge on any atom is -0.410 e. The molecular weight excluding hydrogens is 236 g/mol. The van der Waals surface area contributed by atoms with E-state index in [-0.39, 0.29) is 0 Å². The third kappa shape index (κ3) is 2.06. The third-order valence-electron chi connectivity index (χ3n) is 3.05. The van der Waals surface area contributed by atoms with Crippen LogP contribution in [-0.2, 0) is 0 Å². The van der Waals surface area contributed by atoms with Crippen molar-refractivity contribution in [2.45, 2.75) is 0 Å². The van der Waals surface area contributed by atoms with Gasteiger partial charge in [0, 0.05) is 17.1 Å². The van der Waals surface area contributed by atoms with Crippen LogP contribution >= 0.6 is 0 Å². The van der Waals surface area contributed by atoms with Gasteiger partial charge in [0.25, 0.3) is 0 Å². The van der Waals surface area contributed by atoms with Crippen LogP contribution in [0.5, 0.6) is 0 Å². The van der Waals surface area contributed by atoms with Crippen molar-refractivity contribution in [1.29, 1.82) is 0 Å². The first-order chi connectivity index (χ1) is 9.40. The molecule has 0 aliphatic carbocycles. The van der Waals surface area contributed by atoms with Gasteiger partial charge < -0.3 is 5.21 Å². The number of nitrogens with zero attached hydrogens (tertiary/aromatic N) is 2. The fourth-order valence-electron chi connectivity index (χ4n) is 2.15. The number of benzene rings is 2. The normalized spacial score (nSPS) is 11.7. The highest BCUT2D eigenvalue weighted by atomic mass is 16.4. The van der Waals surface area contributed by atoms with Gasteiger partial charge in [0.1, 0.15) is 11.4 Å². The first-order valence-electron chi connectivity index (χ1n) is 6.02. The molecule has 0 fully saturated rings. The maximum atomic E-state index is 9.34. The second kappa shape index (κ2) is 4.90. The van der Waals surface area contributed by atoms with Gasteiger partial charge in [-0.3, -0.25) is 4.98 Å². The van der Waals surface area contributed by atoms with Gasteiger partial charge >= 0.3 is 0 Å². The Labute approximate surface area is 110 Å². The van der Waals surface area contributed by atoms with Crippen molar-refractivity contribution in [1.82, 2.24) is 4.98 Å². The quantitative estimate of drug-likeness (QED) is 0.429. The Morgan fingerprint density at radius 3 is 2.42 bits per heavy atom. The highest BCUT2D eigenvalue weighted by Gasteiger charge is 2.12. The molecule has 3 nitrogen and oxygen atoms in total. The highest BCUT2D eigenvalue weighted by molar-refractivity contribution is 6.17. The topological polar surface area (TPSA) is 45.5 Å². The van der Waals surface area contributed by atoms with Gasteiger partial charge in [-0.25, -0.2) is 0 Å². The van der Waals surface area contributed by atoms with Crippen molar-refractivity contribution in [2.75, 3.05) is 0 Å². The monoisotopic (exact) mass is 248 g/mol. The fraction of sp³-hybridized carbons (Fsp3) is 0. The molecule has 0 spiro atoms. The van der Waals surface area contributed by atoms with Crippen LogP contribution in [-0.4, -0.2) is 15.9 Å². The molecule has 0 unspecified atom stereocenters. The van der Waals surface area contributed by atoms with Gasteiger partial charge in [0.2, 0.25) is 0 Å². The maximum absolute atomic E-state index is 9.34. The van der Waals surface area contributed by atoms with Crippen molar-refractivity contribution in [3.05, 3.63) is 78.1 Å². The Hall–Kier alpha value is -2.68. The van der Waals surface area contributed by atoms with Gasteiger partial charge in [-0.05, 0) is 11.5 Å². The van der Waals surface area contributed by atoms with E-state index in [1.807, 2.05) is 60.7 Å². The first kappa shape index (κ1) is 11.4. The summed E-state index contributed by atoms with van der Waals surface area (Å²) in [5, 5.41) is 14.8. The summed E-state index contributed by atoms with van der Waals surface area (Å²) >= 11 is 0. The second-order valence-corrected chi connectivity index (χ2v) is 4.20. The lowest BCUT2D eigenvalue weighted by Crippen LogP contribution is -2.06. The predicted molar refractivity (Wildman–Crippen MR) is 75.6 cm³/mol. The Morgan fingerprint density at radius 1 is 0.895 bits per heavy atom. The van der Waals surface area contributed by atoms with Crippen LogP contribution in [0.25, 0.3) is 10.8 Å². The molecule has 1 aromatic heterocycles. The SMILES string of the molecule is O/N=C(/c1ccccc1)c1nccc2ccccc12. The van der Waals surface area contributed by atoms with Crippen molar-refractivity contribution >= 4 is 16.5 Å². The summed E-state index contributed by atoms with van der Waals surface area (Å²) in [4.78, 5) is 4.36. The van der Waals surface area contributed by atoms with Gasteiger partial charge in [0.15, 0.2) is 0 Å². The summed E-state index contributed by atoms with van der Waals surface area (Å²) in [6, 6.07) is 19.4. The highest BCUT2D eigenvalue weighted by Crippen LogP contribution is 2.19. The molecule has 1 N–H and O–H groups in total. The molecule has 19 heavy (non-hydrogen) atoms. The molecule has 0 amide bonds. The van der Waals surface area contributed by atoms with Crippen LogP contribution in [0, 0.1) is 0 Å². The van der Waals surface area contributed by atoms with E-state index in [2.05, 4.69) is 10.1 Å². The van der Waals surface area contributed by atoms with E-state index in [0.717, 1.165) is 16.3 Å². The Kier molecular flexibility index (Phi) is 2.94. The summed E-state index contributed by atoms with van der Waals surface area (Å²) in [5.41, 5.74) is 2.01. The summed E-state index contributed by atoms with van der Waals surface area (Å²) < 4.78 is 0. The summed E-state index contributed by atoms with van der Waals surface area (Å²) in [7, 11) is 0.